The van der Waals surface area contributed by atoms with Gasteiger partial charge in [0.05, 0.1) is 23.3 Å². The normalized spacial score (nSPS) is 18.4. The van der Waals surface area contributed by atoms with Crippen LogP contribution in [-0.2, 0) is 16.1 Å². The van der Waals surface area contributed by atoms with Crippen molar-refractivity contribution in [3.05, 3.63) is 17.5 Å². The number of rotatable bonds is 8. The first-order valence-electron chi connectivity index (χ1n) is 8.68. The van der Waals surface area contributed by atoms with Crippen LogP contribution in [0.15, 0.2) is 22.7 Å². The zero-order valence-electron chi connectivity index (χ0n) is 14.6. The second kappa shape index (κ2) is 8.82. The Morgan fingerprint density at radius 3 is 3.12 bits per heavy atom. The van der Waals surface area contributed by atoms with Gasteiger partial charge in [0.15, 0.2) is 11.0 Å². The van der Waals surface area contributed by atoms with E-state index in [4.69, 9.17) is 4.74 Å². The van der Waals surface area contributed by atoms with E-state index < -0.39 is 0 Å². The van der Waals surface area contributed by atoms with Gasteiger partial charge in [0.2, 0.25) is 5.91 Å². The quantitative estimate of drug-likeness (QED) is 0.712. The highest BCUT2D eigenvalue weighted by Gasteiger charge is 2.22. The van der Waals surface area contributed by atoms with Crippen LogP contribution in [-0.4, -0.2) is 45.2 Å². The smallest absolute Gasteiger partial charge is 0.230 e. The fraction of sp³-hybridized carbons (Fsp3) is 0.588. The van der Waals surface area contributed by atoms with Crippen LogP contribution in [0.2, 0.25) is 0 Å². The lowest BCUT2D eigenvalue weighted by Crippen LogP contribution is -2.33. The molecular formula is C17H24N4O2S2. The Balaban J connectivity index is 1.72. The molecular weight excluding hydrogens is 356 g/mol. The Morgan fingerprint density at radius 1 is 1.56 bits per heavy atom. The molecule has 3 heterocycles. The van der Waals surface area contributed by atoms with E-state index in [1.54, 1.807) is 11.3 Å². The van der Waals surface area contributed by atoms with Gasteiger partial charge in [0.25, 0.3) is 0 Å². The fourth-order valence-corrected chi connectivity index (χ4v) is 4.16. The molecule has 2 atom stereocenters. The van der Waals surface area contributed by atoms with E-state index >= 15 is 0 Å². The molecule has 0 spiro atoms. The summed E-state index contributed by atoms with van der Waals surface area (Å²) in [7, 11) is 0. The number of carbonyl (C=O) groups is 1. The zero-order chi connectivity index (χ0) is 17.6. The molecule has 1 amide bonds. The maximum Gasteiger partial charge on any atom is 0.230 e. The average molecular weight is 381 g/mol. The van der Waals surface area contributed by atoms with E-state index in [1.807, 2.05) is 24.4 Å². The van der Waals surface area contributed by atoms with Crippen LogP contribution in [0, 0.1) is 0 Å². The summed E-state index contributed by atoms with van der Waals surface area (Å²) in [6.07, 6.45) is 3.28. The van der Waals surface area contributed by atoms with Crippen molar-refractivity contribution >= 4 is 29.0 Å². The molecule has 0 bridgehead atoms. The number of hydrogen-bond donors (Lipinski definition) is 1. The van der Waals surface area contributed by atoms with E-state index in [2.05, 4.69) is 27.0 Å². The third kappa shape index (κ3) is 4.83. The molecule has 1 N–H and O–H groups in total. The molecule has 1 aliphatic heterocycles. The lowest BCUT2D eigenvalue weighted by atomic mass is 10.2. The van der Waals surface area contributed by atoms with Crippen molar-refractivity contribution in [3.8, 4) is 10.7 Å². The maximum absolute atomic E-state index is 12.1. The maximum atomic E-state index is 12.1. The summed E-state index contributed by atoms with van der Waals surface area (Å²) in [5.41, 5.74) is 0. The Bertz CT molecular complexity index is 681. The molecule has 2 unspecified atom stereocenters. The number of nitrogens with one attached hydrogen (secondary N) is 1. The second-order valence-corrected chi connectivity index (χ2v) is 8.08. The van der Waals surface area contributed by atoms with Crippen molar-refractivity contribution in [2.75, 3.05) is 12.4 Å². The highest BCUT2D eigenvalue weighted by atomic mass is 32.2. The molecule has 0 aromatic carbocycles. The Hall–Kier alpha value is -1.38. The number of nitrogens with zero attached hydrogens (tertiary/aromatic N) is 3. The standard InChI is InChI=1S/C17H24N4O2S2/c1-3-12(2)18-15(22)11-25-17-20-19-16(14-7-5-9-24-14)21(17)10-13-6-4-8-23-13/h5,7,9,12-13H,3-4,6,8,10-11H2,1-2H3,(H,18,22). The molecule has 6 nitrogen and oxygen atoms in total. The second-order valence-electron chi connectivity index (χ2n) is 6.19. The molecule has 0 aliphatic carbocycles. The van der Waals surface area contributed by atoms with Crippen molar-refractivity contribution in [2.45, 2.75) is 57.0 Å². The summed E-state index contributed by atoms with van der Waals surface area (Å²) < 4.78 is 7.89. The number of aromatic nitrogens is 3. The van der Waals surface area contributed by atoms with Crippen LogP contribution in [0.3, 0.4) is 0 Å². The van der Waals surface area contributed by atoms with Gasteiger partial charge in [-0.05, 0) is 37.6 Å². The zero-order valence-corrected chi connectivity index (χ0v) is 16.2. The van der Waals surface area contributed by atoms with E-state index in [0.717, 1.165) is 48.3 Å². The lowest BCUT2D eigenvalue weighted by Gasteiger charge is -2.14. The van der Waals surface area contributed by atoms with Crippen LogP contribution in [0.4, 0.5) is 0 Å². The fourth-order valence-electron chi connectivity index (χ4n) is 2.69. The molecule has 1 saturated heterocycles. The number of ether oxygens (including phenoxy) is 1. The van der Waals surface area contributed by atoms with Crippen LogP contribution >= 0.6 is 23.1 Å². The van der Waals surface area contributed by atoms with Gasteiger partial charge >= 0.3 is 0 Å². The number of thioether (sulfide) groups is 1. The van der Waals surface area contributed by atoms with Crippen molar-refractivity contribution in [3.63, 3.8) is 0 Å². The Kier molecular flexibility index (Phi) is 6.50. The first-order chi connectivity index (χ1) is 12.2. The third-order valence-electron chi connectivity index (χ3n) is 4.22. The molecule has 0 radical (unpaired) electrons. The van der Waals surface area contributed by atoms with Crippen molar-refractivity contribution in [2.24, 2.45) is 0 Å². The molecule has 1 aliphatic rings. The van der Waals surface area contributed by atoms with Gasteiger partial charge in [-0.25, -0.2) is 0 Å². The third-order valence-corrected chi connectivity index (χ3v) is 6.05. The SMILES string of the molecule is CCC(C)NC(=O)CSc1nnc(-c2cccs2)n1CC1CCCO1. The Labute approximate surface area is 156 Å². The molecule has 0 saturated carbocycles. The van der Waals surface area contributed by atoms with Crippen molar-refractivity contribution < 1.29 is 9.53 Å². The van der Waals surface area contributed by atoms with Crippen LogP contribution in [0.25, 0.3) is 10.7 Å². The minimum absolute atomic E-state index is 0.0312. The lowest BCUT2D eigenvalue weighted by molar-refractivity contribution is -0.119. The van der Waals surface area contributed by atoms with Crippen LogP contribution < -0.4 is 5.32 Å². The number of amides is 1. The summed E-state index contributed by atoms with van der Waals surface area (Å²) >= 11 is 3.08. The highest BCUT2D eigenvalue weighted by Crippen LogP contribution is 2.29. The minimum Gasteiger partial charge on any atom is -0.376 e. The summed E-state index contributed by atoms with van der Waals surface area (Å²) in [6, 6.07) is 4.25. The average Bonchev–Trinajstić information content (AvgIpc) is 3.35. The van der Waals surface area contributed by atoms with Gasteiger partial charge in [0.1, 0.15) is 0 Å². The molecule has 3 rings (SSSR count). The number of carbonyl (C=O) groups excluding carboxylic acids is 1. The topological polar surface area (TPSA) is 69.0 Å². The summed E-state index contributed by atoms with van der Waals surface area (Å²) in [5, 5.41) is 14.5. The van der Waals surface area contributed by atoms with Gasteiger partial charge in [-0.2, -0.15) is 0 Å². The van der Waals surface area contributed by atoms with Gasteiger partial charge < -0.3 is 10.1 Å². The van der Waals surface area contributed by atoms with Gasteiger partial charge in [-0.15, -0.1) is 21.5 Å². The van der Waals surface area contributed by atoms with Gasteiger partial charge in [-0.3, -0.25) is 9.36 Å². The minimum atomic E-state index is 0.0312. The molecule has 2 aromatic heterocycles. The van der Waals surface area contributed by atoms with Crippen LogP contribution in [0.1, 0.15) is 33.1 Å². The Morgan fingerprint density at radius 2 is 2.44 bits per heavy atom. The molecule has 1 fully saturated rings. The summed E-state index contributed by atoms with van der Waals surface area (Å²) in [5.74, 6) is 1.23. The molecule has 25 heavy (non-hydrogen) atoms. The summed E-state index contributed by atoms with van der Waals surface area (Å²) in [4.78, 5) is 13.1. The van der Waals surface area contributed by atoms with Crippen molar-refractivity contribution in [1.29, 1.82) is 0 Å². The van der Waals surface area contributed by atoms with Crippen LogP contribution in [0.5, 0.6) is 0 Å². The predicted molar refractivity (Wildman–Crippen MR) is 101 cm³/mol. The number of thiophene rings is 1. The van der Waals surface area contributed by atoms with E-state index in [0.29, 0.717) is 5.75 Å². The first-order valence-corrected chi connectivity index (χ1v) is 10.5. The highest BCUT2D eigenvalue weighted by molar-refractivity contribution is 7.99. The van der Waals surface area contributed by atoms with Gasteiger partial charge in [0, 0.05) is 12.6 Å². The van der Waals surface area contributed by atoms with E-state index in [1.165, 1.54) is 11.8 Å². The van der Waals surface area contributed by atoms with E-state index in [9.17, 15) is 4.79 Å². The monoisotopic (exact) mass is 380 g/mol. The molecule has 136 valence electrons. The number of hydrogen-bond acceptors (Lipinski definition) is 6. The van der Waals surface area contributed by atoms with E-state index in [-0.39, 0.29) is 18.1 Å². The predicted octanol–water partition coefficient (Wildman–Crippen LogP) is 3.19. The first kappa shape index (κ1) is 18.4. The molecule has 2 aromatic rings. The van der Waals surface area contributed by atoms with Gasteiger partial charge in [-0.1, -0.05) is 24.8 Å². The largest absolute Gasteiger partial charge is 0.376 e. The molecule has 8 heteroatoms. The summed E-state index contributed by atoms with van der Waals surface area (Å²) in [6.45, 7) is 5.62. The van der Waals surface area contributed by atoms with Crippen molar-refractivity contribution in [1.82, 2.24) is 20.1 Å².